The summed E-state index contributed by atoms with van der Waals surface area (Å²) in [6.45, 7) is 3.51. The van der Waals surface area contributed by atoms with E-state index in [1.807, 2.05) is 43.3 Å². The molecule has 0 aliphatic rings. The van der Waals surface area contributed by atoms with Crippen molar-refractivity contribution in [1.82, 2.24) is 24.9 Å². The first-order valence-corrected chi connectivity index (χ1v) is 10.4. The molecule has 4 rings (SSSR count). The van der Waals surface area contributed by atoms with E-state index >= 15 is 0 Å². The number of amides is 1. The third kappa shape index (κ3) is 5.03. The summed E-state index contributed by atoms with van der Waals surface area (Å²) in [4.78, 5) is 21.7. The maximum Gasteiger partial charge on any atom is 0.261 e. The van der Waals surface area contributed by atoms with Crippen LogP contribution in [0.3, 0.4) is 0 Å². The minimum atomic E-state index is -0.708. The van der Waals surface area contributed by atoms with Crippen LogP contribution in [0.4, 0.5) is 0 Å². The second-order valence-corrected chi connectivity index (χ2v) is 7.44. The van der Waals surface area contributed by atoms with E-state index in [0.29, 0.717) is 23.0 Å². The summed E-state index contributed by atoms with van der Waals surface area (Å²) in [6.07, 6.45) is 0.897. The molecule has 0 bridgehead atoms. The van der Waals surface area contributed by atoms with Gasteiger partial charge < -0.3 is 19.5 Å². The number of carbonyl (C=O) groups excluding carboxylic acids is 1. The Morgan fingerprint density at radius 1 is 0.970 bits per heavy atom. The first kappa shape index (κ1) is 22.1. The SMILES string of the molecule is COc1ccc(-c2cc3nc([C@H](C)NC(=O)C(C)Oc4cccc(OC)c4)nn3cn2)cc1. The molecule has 1 unspecified atom stereocenters. The number of carbonyl (C=O) groups is 1. The van der Waals surface area contributed by atoms with Gasteiger partial charge in [0.05, 0.1) is 26.0 Å². The van der Waals surface area contributed by atoms with Gasteiger partial charge >= 0.3 is 0 Å². The van der Waals surface area contributed by atoms with Gasteiger partial charge in [0.2, 0.25) is 0 Å². The minimum Gasteiger partial charge on any atom is -0.497 e. The van der Waals surface area contributed by atoms with Gasteiger partial charge in [0.25, 0.3) is 5.91 Å². The Hall–Kier alpha value is -4.14. The van der Waals surface area contributed by atoms with E-state index in [2.05, 4.69) is 20.4 Å². The highest BCUT2D eigenvalue weighted by Gasteiger charge is 2.20. The van der Waals surface area contributed by atoms with Gasteiger partial charge in [-0.05, 0) is 50.2 Å². The molecule has 2 atom stereocenters. The van der Waals surface area contributed by atoms with Crippen molar-refractivity contribution >= 4 is 11.6 Å². The zero-order chi connectivity index (χ0) is 23.4. The number of nitrogens with zero attached hydrogens (tertiary/aromatic N) is 4. The van der Waals surface area contributed by atoms with Crippen LogP contribution in [-0.2, 0) is 4.79 Å². The quantitative estimate of drug-likeness (QED) is 0.442. The summed E-state index contributed by atoms with van der Waals surface area (Å²) >= 11 is 0. The van der Waals surface area contributed by atoms with Gasteiger partial charge in [-0.25, -0.2) is 14.5 Å². The zero-order valence-electron chi connectivity index (χ0n) is 18.9. The summed E-state index contributed by atoms with van der Waals surface area (Å²) < 4.78 is 17.7. The molecule has 2 aromatic carbocycles. The molecule has 2 aromatic heterocycles. The van der Waals surface area contributed by atoms with Gasteiger partial charge in [0.1, 0.15) is 23.6 Å². The van der Waals surface area contributed by atoms with Gasteiger partial charge in [-0.3, -0.25) is 4.79 Å². The summed E-state index contributed by atoms with van der Waals surface area (Å²) in [6, 6.07) is 16.2. The molecule has 9 heteroatoms. The molecule has 9 nitrogen and oxygen atoms in total. The Bertz CT molecular complexity index is 1260. The fraction of sp³-hybridized carbons (Fsp3) is 0.250. The summed E-state index contributed by atoms with van der Waals surface area (Å²) in [5.74, 6) is 2.18. The molecule has 0 aliphatic carbocycles. The third-order valence-electron chi connectivity index (χ3n) is 5.10. The number of benzene rings is 2. The number of ether oxygens (including phenoxy) is 3. The largest absolute Gasteiger partial charge is 0.497 e. The molecule has 0 radical (unpaired) electrons. The topological polar surface area (TPSA) is 99.9 Å². The number of aromatic nitrogens is 4. The van der Waals surface area contributed by atoms with Gasteiger partial charge in [0.15, 0.2) is 17.6 Å². The standard InChI is InChI=1S/C24H25N5O4/c1-15(26-24(30)16(2)33-20-7-5-6-19(12-20)32-4)23-27-22-13-21(25-14-29(22)28-23)17-8-10-18(31-3)11-9-17/h5-16H,1-4H3,(H,26,30)/t15-,16?/m0/s1. The highest BCUT2D eigenvalue weighted by Crippen LogP contribution is 2.22. The van der Waals surface area contributed by atoms with Crippen molar-refractivity contribution in [3.8, 4) is 28.5 Å². The first-order chi connectivity index (χ1) is 16.0. The van der Waals surface area contributed by atoms with Gasteiger partial charge in [0, 0.05) is 17.7 Å². The molecule has 33 heavy (non-hydrogen) atoms. The Morgan fingerprint density at radius 3 is 2.42 bits per heavy atom. The molecule has 0 saturated heterocycles. The number of fused-ring (bicyclic) bond motifs is 1. The average molecular weight is 447 g/mol. The molecule has 1 N–H and O–H groups in total. The van der Waals surface area contributed by atoms with Crippen molar-refractivity contribution in [2.24, 2.45) is 0 Å². The number of rotatable bonds is 8. The van der Waals surface area contributed by atoms with Crippen molar-refractivity contribution < 1.29 is 19.0 Å². The zero-order valence-corrected chi connectivity index (χ0v) is 18.9. The molecular weight excluding hydrogens is 422 g/mol. The van der Waals surface area contributed by atoms with Crippen molar-refractivity contribution in [3.05, 3.63) is 66.7 Å². The highest BCUT2D eigenvalue weighted by molar-refractivity contribution is 5.81. The molecule has 0 saturated carbocycles. The van der Waals surface area contributed by atoms with E-state index in [0.717, 1.165) is 17.0 Å². The maximum absolute atomic E-state index is 12.6. The Labute approximate surface area is 191 Å². The summed E-state index contributed by atoms with van der Waals surface area (Å²) in [5.41, 5.74) is 2.33. The second kappa shape index (κ2) is 9.56. The second-order valence-electron chi connectivity index (χ2n) is 7.44. The molecular formula is C24H25N5O4. The van der Waals surface area contributed by atoms with Gasteiger partial charge in [-0.15, -0.1) is 5.10 Å². The maximum atomic E-state index is 12.6. The molecule has 2 heterocycles. The first-order valence-electron chi connectivity index (χ1n) is 10.4. The fourth-order valence-corrected chi connectivity index (χ4v) is 3.24. The number of nitrogens with one attached hydrogen (secondary N) is 1. The molecule has 4 aromatic rings. The summed E-state index contributed by atoms with van der Waals surface area (Å²) in [7, 11) is 3.21. The van der Waals surface area contributed by atoms with Crippen LogP contribution in [0.15, 0.2) is 60.9 Å². The fourth-order valence-electron chi connectivity index (χ4n) is 3.24. The van der Waals surface area contributed by atoms with Crippen LogP contribution in [0, 0.1) is 0 Å². The van der Waals surface area contributed by atoms with Crippen LogP contribution >= 0.6 is 0 Å². The number of hydrogen-bond donors (Lipinski definition) is 1. The minimum absolute atomic E-state index is 0.277. The molecule has 0 aliphatic heterocycles. The third-order valence-corrected chi connectivity index (χ3v) is 5.10. The van der Waals surface area contributed by atoms with Crippen LogP contribution in [-0.4, -0.2) is 45.8 Å². The Kier molecular flexibility index (Phi) is 6.39. The van der Waals surface area contributed by atoms with E-state index in [4.69, 9.17) is 14.2 Å². The predicted octanol–water partition coefficient (Wildman–Crippen LogP) is 3.45. The molecule has 1 amide bonds. The van der Waals surface area contributed by atoms with Crippen LogP contribution in [0.5, 0.6) is 17.2 Å². The van der Waals surface area contributed by atoms with E-state index < -0.39 is 12.1 Å². The van der Waals surface area contributed by atoms with Crippen LogP contribution in [0.25, 0.3) is 16.9 Å². The van der Waals surface area contributed by atoms with Crippen molar-refractivity contribution in [3.63, 3.8) is 0 Å². The smallest absolute Gasteiger partial charge is 0.261 e. The Morgan fingerprint density at radius 2 is 1.70 bits per heavy atom. The molecule has 170 valence electrons. The lowest BCUT2D eigenvalue weighted by atomic mass is 10.1. The lowest BCUT2D eigenvalue weighted by Crippen LogP contribution is -2.38. The highest BCUT2D eigenvalue weighted by atomic mass is 16.5. The van der Waals surface area contributed by atoms with E-state index in [1.54, 1.807) is 50.2 Å². The van der Waals surface area contributed by atoms with Crippen molar-refractivity contribution in [2.75, 3.05) is 14.2 Å². The van der Waals surface area contributed by atoms with E-state index in [1.165, 1.54) is 0 Å². The monoisotopic (exact) mass is 447 g/mol. The van der Waals surface area contributed by atoms with Gasteiger partial charge in [-0.2, -0.15) is 0 Å². The molecule has 0 spiro atoms. The predicted molar refractivity (Wildman–Crippen MR) is 122 cm³/mol. The van der Waals surface area contributed by atoms with Crippen LogP contribution in [0.1, 0.15) is 25.7 Å². The number of methoxy groups -OCH3 is 2. The normalized spacial score (nSPS) is 12.7. The Balaban J connectivity index is 1.44. The van der Waals surface area contributed by atoms with E-state index in [9.17, 15) is 4.79 Å². The van der Waals surface area contributed by atoms with Crippen molar-refractivity contribution in [1.29, 1.82) is 0 Å². The summed E-state index contributed by atoms with van der Waals surface area (Å²) in [5, 5.41) is 7.34. The van der Waals surface area contributed by atoms with Crippen LogP contribution < -0.4 is 19.5 Å². The average Bonchev–Trinajstić information content (AvgIpc) is 3.28. The van der Waals surface area contributed by atoms with Gasteiger partial charge in [-0.1, -0.05) is 6.07 Å². The number of hydrogen-bond acceptors (Lipinski definition) is 7. The lowest BCUT2D eigenvalue weighted by Gasteiger charge is -2.17. The lowest BCUT2D eigenvalue weighted by molar-refractivity contribution is -0.128. The van der Waals surface area contributed by atoms with Crippen LogP contribution in [0.2, 0.25) is 0 Å². The molecule has 0 fully saturated rings. The van der Waals surface area contributed by atoms with Crippen molar-refractivity contribution in [2.45, 2.75) is 26.0 Å². The van der Waals surface area contributed by atoms with E-state index in [-0.39, 0.29) is 5.91 Å².